The Hall–Kier alpha value is -1.98. The van der Waals surface area contributed by atoms with Crippen LogP contribution in [0.1, 0.15) is 57.1 Å². The van der Waals surface area contributed by atoms with Crippen LogP contribution in [0, 0.1) is 5.92 Å². The monoisotopic (exact) mass is 380 g/mol. The van der Waals surface area contributed by atoms with Gasteiger partial charge in [-0.05, 0) is 38.7 Å². The van der Waals surface area contributed by atoms with Gasteiger partial charge in [-0.1, -0.05) is 43.2 Å². The molecule has 1 saturated heterocycles. The standard InChI is InChI=1S/C23H32N4O/c1-17(2)26-22-24-14-18(15-25-22)16-27-13-12-23(28,19-8-4-3-5-9-19)20-10-6-7-11-21(20)27/h3-5,8-9,14-15,17,20-21,28H,6-7,10-13,16H2,1-2H3,(H,24,25,26)/t20-,21-,23+/m0/s1. The number of aromatic nitrogens is 2. The summed E-state index contributed by atoms with van der Waals surface area (Å²) >= 11 is 0. The maximum Gasteiger partial charge on any atom is 0.222 e. The van der Waals surface area contributed by atoms with E-state index >= 15 is 0 Å². The van der Waals surface area contributed by atoms with Gasteiger partial charge in [0.1, 0.15) is 0 Å². The lowest BCUT2D eigenvalue weighted by molar-refractivity contribution is -0.123. The Morgan fingerprint density at radius 1 is 1.14 bits per heavy atom. The van der Waals surface area contributed by atoms with Crippen molar-refractivity contribution in [2.24, 2.45) is 5.92 Å². The molecule has 5 heteroatoms. The van der Waals surface area contributed by atoms with Crippen molar-refractivity contribution in [3.8, 4) is 0 Å². The Morgan fingerprint density at radius 2 is 1.86 bits per heavy atom. The molecule has 2 aliphatic rings. The number of benzene rings is 1. The lowest BCUT2D eigenvalue weighted by Gasteiger charge is -2.52. The third-order valence-electron chi connectivity index (χ3n) is 6.37. The fourth-order valence-corrected chi connectivity index (χ4v) is 5.06. The SMILES string of the molecule is CC(C)Nc1ncc(CN2CC[C@@](O)(c3ccccc3)[C@H]3CCCC[C@@H]32)cn1. The van der Waals surface area contributed by atoms with Crippen molar-refractivity contribution in [3.63, 3.8) is 0 Å². The number of anilines is 1. The number of hydrogen-bond donors (Lipinski definition) is 2. The molecular weight excluding hydrogens is 348 g/mol. The second-order valence-corrected chi connectivity index (χ2v) is 8.68. The molecule has 2 N–H and O–H groups in total. The molecule has 0 amide bonds. The van der Waals surface area contributed by atoms with Gasteiger partial charge in [-0.3, -0.25) is 4.90 Å². The molecule has 28 heavy (non-hydrogen) atoms. The van der Waals surface area contributed by atoms with E-state index in [1.807, 2.05) is 30.6 Å². The number of hydrogen-bond acceptors (Lipinski definition) is 5. The van der Waals surface area contributed by atoms with Gasteiger partial charge >= 0.3 is 0 Å². The number of rotatable bonds is 5. The summed E-state index contributed by atoms with van der Waals surface area (Å²) in [6, 6.07) is 11.0. The Morgan fingerprint density at radius 3 is 2.57 bits per heavy atom. The van der Waals surface area contributed by atoms with Crippen LogP contribution in [0.25, 0.3) is 0 Å². The quantitative estimate of drug-likeness (QED) is 0.822. The lowest BCUT2D eigenvalue weighted by Crippen LogP contribution is -2.57. The third-order valence-corrected chi connectivity index (χ3v) is 6.37. The van der Waals surface area contributed by atoms with Crippen molar-refractivity contribution in [2.75, 3.05) is 11.9 Å². The zero-order valence-electron chi connectivity index (χ0n) is 17.0. The van der Waals surface area contributed by atoms with Crippen molar-refractivity contribution < 1.29 is 5.11 Å². The first kappa shape index (κ1) is 19.3. The van der Waals surface area contributed by atoms with Crippen molar-refractivity contribution in [1.29, 1.82) is 0 Å². The molecule has 3 atom stereocenters. The summed E-state index contributed by atoms with van der Waals surface area (Å²) in [5.74, 6) is 0.978. The summed E-state index contributed by atoms with van der Waals surface area (Å²) in [5, 5.41) is 14.9. The minimum atomic E-state index is -0.704. The van der Waals surface area contributed by atoms with E-state index in [4.69, 9.17) is 0 Å². The van der Waals surface area contributed by atoms with Crippen molar-refractivity contribution >= 4 is 5.95 Å². The molecule has 0 bridgehead atoms. The molecule has 5 nitrogen and oxygen atoms in total. The molecule has 2 heterocycles. The van der Waals surface area contributed by atoms with E-state index < -0.39 is 5.60 Å². The molecule has 0 unspecified atom stereocenters. The van der Waals surface area contributed by atoms with E-state index in [1.54, 1.807) is 0 Å². The average molecular weight is 381 g/mol. The Kier molecular flexibility index (Phi) is 5.65. The fourth-order valence-electron chi connectivity index (χ4n) is 5.06. The van der Waals surface area contributed by atoms with Crippen LogP contribution in [0.4, 0.5) is 5.95 Å². The fraction of sp³-hybridized carbons (Fsp3) is 0.565. The zero-order chi connectivity index (χ0) is 19.6. The van der Waals surface area contributed by atoms with E-state index in [0.29, 0.717) is 23.9 Å². The second kappa shape index (κ2) is 8.18. The number of likely N-dealkylation sites (tertiary alicyclic amines) is 1. The Labute approximate surface area is 168 Å². The highest BCUT2D eigenvalue weighted by Gasteiger charge is 2.48. The molecule has 1 aromatic carbocycles. The summed E-state index contributed by atoms with van der Waals surface area (Å²) in [7, 11) is 0. The normalized spacial score (nSPS) is 28.1. The van der Waals surface area contributed by atoms with E-state index in [2.05, 4.69) is 46.2 Å². The number of fused-ring (bicyclic) bond motifs is 1. The maximum atomic E-state index is 11.7. The van der Waals surface area contributed by atoms with Crippen LogP contribution < -0.4 is 5.32 Å². The summed E-state index contributed by atoms with van der Waals surface area (Å²) < 4.78 is 0. The Balaban J connectivity index is 1.51. The van der Waals surface area contributed by atoms with Crippen LogP contribution in [0.2, 0.25) is 0 Å². The molecule has 1 aromatic heterocycles. The van der Waals surface area contributed by atoms with E-state index in [9.17, 15) is 5.11 Å². The minimum Gasteiger partial charge on any atom is -0.385 e. The second-order valence-electron chi connectivity index (χ2n) is 8.68. The van der Waals surface area contributed by atoms with Gasteiger partial charge in [0, 0.05) is 49.0 Å². The van der Waals surface area contributed by atoms with E-state index in [1.165, 1.54) is 12.8 Å². The predicted octanol–water partition coefficient (Wildman–Crippen LogP) is 3.95. The highest BCUT2D eigenvalue weighted by atomic mass is 16.3. The molecule has 150 valence electrons. The van der Waals surface area contributed by atoms with Crippen LogP contribution in [0.5, 0.6) is 0 Å². The van der Waals surface area contributed by atoms with Gasteiger partial charge in [0.25, 0.3) is 0 Å². The first-order valence-electron chi connectivity index (χ1n) is 10.7. The molecule has 2 fully saturated rings. The topological polar surface area (TPSA) is 61.3 Å². The highest BCUT2D eigenvalue weighted by Crippen LogP contribution is 2.47. The number of nitrogens with zero attached hydrogens (tertiary/aromatic N) is 3. The van der Waals surface area contributed by atoms with Gasteiger partial charge in [0.2, 0.25) is 5.95 Å². The third kappa shape index (κ3) is 3.91. The molecule has 0 spiro atoms. The lowest BCUT2D eigenvalue weighted by atomic mass is 9.66. The van der Waals surface area contributed by atoms with Gasteiger partial charge in [-0.2, -0.15) is 0 Å². The zero-order valence-corrected chi connectivity index (χ0v) is 17.0. The summed E-state index contributed by atoms with van der Waals surface area (Å²) in [6.07, 6.45) is 9.38. The number of aliphatic hydroxyl groups is 1. The average Bonchev–Trinajstić information content (AvgIpc) is 2.72. The molecule has 1 aliphatic carbocycles. The van der Waals surface area contributed by atoms with Crippen LogP contribution in [0.3, 0.4) is 0 Å². The van der Waals surface area contributed by atoms with Gasteiger partial charge in [-0.15, -0.1) is 0 Å². The van der Waals surface area contributed by atoms with Crippen molar-refractivity contribution in [2.45, 2.75) is 70.2 Å². The molecule has 0 radical (unpaired) electrons. The predicted molar refractivity (Wildman–Crippen MR) is 112 cm³/mol. The first-order valence-corrected chi connectivity index (χ1v) is 10.7. The van der Waals surface area contributed by atoms with Crippen LogP contribution in [-0.2, 0) is 12.1 Å². The van der Waals surface area contributed by atoms with E-state index in [-0.39, 0.29) is 0 Å². The number of piperidine rings is 1. The molecular formula is C23H32N4O. The van der Waals surface area contributed by atoms with Gasteiger partial charge in [-0.25, -0.2) is 9.97 Å². The van der Waals surface area contributed by atoms with Crippen molar-refractivity contribution in [3.05, 3.63) is 53.9 Å². The minimum absolute atomic E-state index is 0.292. The highest BCUT2D eigenvalue weighted by molar-refractivity contribution is 5.27. The van der Waals surface area contributed by atoms with Crippen LogP contribution in [0.15, 0.2) is 42.7 Å². The van der Waals surface area contributed by atoms with Crippen molar-refractivity contribution in [1.82, 2.24) is 14.9 Å². The summed E-state index contributed by atoms with van der Waals surface area (Å²) in [5.41, 5.74) is 1.52. The molecule has 4 rings (SSSR count). The molecule has 2 aromatic rings. The summed E-state index contributed by atoms with van der Waals surface area (Å²) in [4.78, 5) is 11.5. The maximum absolute atomic E-state index is 11.7. The molecule has 1 aliphatic heterocycles. The smallest absolute Gasteiger partial charge is 0.222 e. The van der Waals surface area contributed by atoms with Gasteiger partial charge in [0.05, 0.1) is 5.60 Å². The Bertz CT molecular complexity index is 764. The van der Waals surface area contributed by atoms with E-state index in [0.717, 1.165) is 43.5 Å². The largest absolute Gasteiger partial charge is 0.385 e. The summed E-state index contributed by atoms with van der Waals surface area (Å²) in [6.45, 7) is 5.93. The molecule has 1 saturated carbocycles. The first-order chi connectivity index (χ1) is 13.6. The number of nitrogens with one attached hydrogen (secondary N) is 1. The van der Waals surface area contributed by atoms with Gasteiger partial charge in [0.15, 0.2) is 0 Å². The van der Waals surface area contributed by atoms with Gasteiger partial charge < -0.3 is 10.4 Å². The van der Waals surface area contributed by atoms with Crippen LogP contribution in [-0.4, -0.2) is 38.6 Å². The van der Waals surface area contributed by atoms with Crippen LogP contribution >= 0.6 is 0 Å².